The molecule has 96 valence electrons. The van der Waals surface area contributed by atoms with Crippen LogP contribution in [0.5, 0.6) is 0 Å². The number of aromatic nitrogens is 2. The Morgan fingerprint density at radius 1 is 1.39 bits per heavy atom. The minimum absolute atomic E-state index is 0.0724. The number of para-hydroxylation sites is 1. The third kappa shape index (κ3) is 1.76. The molecule has 1 aromatic heterocycles. The predicted molar refractivity (Wildman–Crippen MR) is 73.1 cm³/mol. The van der Waals surface area contributed by atoms with Gasteiger partial charge in [-0.1, -0.05) is 17.7 Å². The first-order chi connectivity index (χ1) is 8.68. The second kappa shape index (κ2) is 4.44. The fourth-order valence-corrected chi connectivity index (χ4v) is 3.07. The summed E-state index contributed by atoms with van der Waals surface area (Å²) in [6.07, 6.45) is 3.45. The summed E-state index contributed by atoms with van der Waals surface area (Å²) in [5.74, 6) is 0. The highest BCUT2D eigenvalue weighted by molar-refractivity contribution is 6.34. The highest BCUT2D eigenvalue weighted by Gasteiger charge is 2.24. The molecule has 1 aromatic carbocycles. The van der Waals surface area contributed by atoms with Crippen LogP contribution >= 0.6 is 11.6 Å². The molecule has 2 heterocycles. The minimum Gasteiger partial charge on any atom is -0.305 e. The van der Waals surface area contributed by atoms with Gasteiger partial charge in [0.15, 0.2) is 0 Å². The van der Waals surface area contributed by atoms with Gasteiger partial charge in [-0.15, -0.1) is 0 Å². The van der Waals surface area contributed by atoms with Crippen LogP contribution in [0.15, 0.2) is 23.0 Å². The van der Waals surface area contributed by atoms with Crippen molar-refractivity contribution >= 4 is 22.6 Å². The van der Waals surface area contributed by atoms with Crippen molar-refractivity contribution in [1.82, 2.24) is 14.5 Å². The van der Waals surface area contributed by atoms with E-state index in [1.54, 1.807) is 4.57 Å². The quantitative estimate of drug-likeness (QED) is 0.861. The van der Waals surface area contributed by atoms with E-state index in [0.717, 1.165) is 30.4 Å². The summed E-state index contributed by atoms with van der Waals surface area (Å²) in [4.78, 5) is 17.3. The highest BCUT2D eigenvalue weighted by atomic mass is 35.5. The van der Waals surface area contributed by atoms with Gasteiger partial charge >= 0.3 is 5.69 Å². The number of hydrogen-bond donors (Lipinski definition) is 1. The van der Waals surface area contributed by atoms with E-state index >= 15 is 0 Å². The molecular formula is C13H16ClN3O. The second-order valence-electron chi connectivity index (χ2n) is 4.89. The van der Waals surface area contributed by atoms with Crippen LogP contribution in [-0.4, -0.2) is 28.0 Å². The first kappa shape index (κ1) is 11.8. The maximum Gasteiger partial charge on any atom is 0.327 e. The first-order valence-corrected chi connectivity index (χ1v) is 6.65. The van der Waals surface area contributed by atoms with Crippen LogP contribution in [0.1, 0.15) is 25.4 Å². The topological polar surface area (TPSA) is 41.0 Å². The van der Waals surface area contributed by atoms with E-state index in [1.807, 2.05) is 18.2 Å². The van der Waals surface area contributed by atoms with Crippen LogP contribution in [0, 0.1) is 0 Å². The van der Waals surface area contributed by atoms with Crippen LogP contribution in [0.3, 0.4) is 0 Å². The molecule has 1 saturated heterocycles. The van der Waals surface area contributed by atoms with Crippen LogP contribution in [-0.2, 0) is 0 Å². The number of imidazole rings is 1. The number of aromatic amines is 1. The molecule has 0 radical (unpaired) electrons. The zero-order chi connectivity index (χ0) is 12.7. The number of benzene rings is 1. The molecule has 1 fully saturated rings. The number of likely N-dealkylation sites (tertiary alicyclic amines) is 1. The van der Waals surface area contributed by atoms with Gasteiger partial charge in [0.05, 0.1) is 22.2 Å². The molecule has 0 saturated carbocycles. The Morgan fingerprint density at radius 2 is 2.22 bits per heavy atom. The van der Waals surface area contributed by atoms with Crippen LogP contribution in [0.2, 0.25) is 5.02 Å². The van der Waals surface area contributed by atoms with Crippen molar-refractivity contribution in [3.05, 3.63) is 33.7 Å². The number of halogens is 1. The lowest BCUT2D eigenvalue weighted by molar-refractivity contribution is 0.128. The van der Waals surface area contributed by atoms with Gasteiger partial charge in [0, 0.05) is 0 Å². The van der Waals surface area contributed by atoms with E-state index in [0.29, 0.717) is 5.02 Å². The normalized spacial score (nSPS) is 21.6. The molecule has 1 aliphatic rings. The van der Waals surface area contributed by atoms with Crippen LogP contribution in [0.25, 0.3) is 11.0 Å². The second-order valence-corrected chi connectivity index (χ2v) is 5.30. The van der Waals surface area contributed by atoms with Crippen molar-refractivity contribution < 1.29 is 0 Å². The Bertz CT molecular complexity index is 631. The molecule has 0 amide bonds. The monoisotopic (exact) mass is 265 g/mol. The van der Waals surface area contributed by atoms with Gasteiger partial charge in [0.2, 0.25) is 0 Å². The van der Waals surface area contributed by atoms with Crippen molar-refractivity contribution in [3.8, 4) is 0 Å². The molecule has 1 N–H and O–H groups in total. The van der Waals surface area contributed by atoms with Crippen molar-refractivity contribution in [2.24, 2.45) is 0 Å². The summed E-state index contributed by atoms with van der Waals surface area (Å²) in [7, 11) is 2.06. The third-order valence-electron chi connectivity index (χ3n) is 3.72. The van der Waals surface area contributed by atoms with Gasteiger partial charge < -0.3 is 4.98 Å². The Balaban J connectivity index is 2.21. The van der Waals surface area contributed by atoms with E-state index in [1.165, 1.54) is 6.42 Å². The summed E-state index contributed by atoms with van der Waals surface area (Å²) in [5, 5.41) is 0.629. The minimum atomic E-state index is -0.0724. The van der Waals surface area contributed by atoms with Crippen molar-refractivity contribution in [1.29, 1.82) is 0 Å². The Labute approximate surface area is 110 Å². The van der Waals surface area contributed by atoms with Gasteiger partial charge in [0.25, 0.3) is 0 Å². The van der Waals surface area contributed by atoms with Crippen molar-refractivity contribution in [2.75, 3.05) is 13.6 Å². The molecule has 18 heavy (non-hydrogen) atoms. The number of H-pyrrole nitrogens is 1. The number of hydrogen-bond acceptors (Lipinski definition) is 2. The smallest absolute Gasteiger partial charge is 0.305 e. The lowest BCUT2D eigenvalue weighted by atomic mass is 10.1. The zero-order valence-electron chi connectivity index (χ0n) is 10.3. The Kier molecular flexibility index (Phi) is 2.92. The largest absolute Gasteiger partial charge is 0.327 e. The van der Waals surface area contributed by atoms with E-state index in [-0.39, 0.29) is 11.9 Å². The summed E-state index contributed by atoms with van der Waals surface area (Å²) in [6.45, 7) is 1.02. The number of piperidine rings is 1. The average molecular weight is 266 g/mol. The van der Waals surface area contributed by atoms with E-state index < -0.39 is 0 Å². The molecule has 1 atom stereocenters. The number of nitrogens with one attached hydrogen (secondary N) is 1. The van der Waals surface area contributed by atoms with Gasteiger partial charge in [-0.2, -0.15) is 0 Å². The van der Waals surface area contributed by atoms with Crippen molar-refractivity contribution in [3.63, 3.8) is 0 Å². The molecule has 4 nitrogen and oxygen atoms in total. The fourth-order valence-electron chi connectivity index (χ4n) is 2.81. The molecule has 0 bridgehead atoms. The SMILES string of the molecule is CN1CCCCC1n1c(=O)[nH]c2cccc(Cl)c21. The van der Waals surface area contributed by atoms with Gasteiger partial charge in [-0.25, -0.2) is 4.79 Å². The number of fused-ring (bicyclic) bond motifs is 1. The summed E-state index contributed by atoms with van der Waals surface area (Å²) in [5.41, 5.74) is 1.56. The standard InChI is InChI=1S/C13H16ClN3O/c1-16-8-3-2-7-11(16)17-12-9(14)5-4-6-10(12)15-13(17)18/h4-6,11H,2-3,7-8H2,1H3,(H,15,18). The fraction of sp³-hybridized carbons (Fsp3) is 0.462. The lowest BCUT2D eigenvalue weighted by Crippen LogP contribution is -2.37. The maximum absolute atomic E-state index is 12.2. The zero-order valence-corrected chi connectivity index (χ0v) is 11.1. The molecule has 1 unspecified atom stereocenters. The molecule has 0 spiro atoms. The predicted octanol–water partition coefficient (Wildman–Crippen LogP) is 2.60. The van der Waals surface area contributed by atoms with Gasteiger partial charge in [-0.3, -0.25) is 9.47 Å². The highest BCUT2D eigenvalue weighted by Crippen LogP contribution is 2.29. The molecule has 2 aromatic rings. The maximum atomic E-state index is 12.2. The molecule has 1 aliphatic heterocycles. The third-order valence-corrected chi connectivity index (χ3v) is 4.02. The lowest BCUT2D eigenvalue weighted by Gasteiger charge is -2.33. The van der Waals surface area contributed by atoms with E-state index in [2.05, 4.69) is 16.9 Å². The summed E-state index contributed by atoms with van der Waals surface area (Å²) < 4.78 is 1.80. The van der Waals surface area contributed by atoms with Crippen molar-refractivity contribution in [2.45, 2.75) is 25.4 Å². The summed E-state index contributed by atoms with van der Waals surface area (Å²) in [6, 6.07) is 5.58. The molecule has 0 aliphatic carbocycles. The summed E-state index contributed by atoms with van der Waals surface area (Å²) >= 11 is 6.24. The number of nitrogens with zero attached hydrogens (tertiary/aromatic N) is 2. The van der Waals surface area contributed by atoms with E-state index in [9.17, 15) is 4.79 Å². The first-order valence-electron chi connectivity index (χ1n) is 6.27. The van der Waals surface area contributed by atoms with Gasteiger partial charge in [0.1, 0.15) is 0 Å². The average Bonchev–Trinajstić information content (AvgIpc) is 2.68. The Morgan fingerprint density at radius 3 is 3.00 bits per heavy atom. The van der Waals surface area contributed by atoms with Crippen LogP contribution < -0.4 is 5.69 Å². The Hall–Kier alpha value is -1.26. The molecular weight excluding hydrogens is 250 g/mol. The molecule has 3 rings (SSSR count). The molecule has 5 heteroatoms. The van der Waals surface area contributed by atoms with Crippen LogP contribution in [0.4, 0.5) is 0 Å². The van der Waals surface area contributed by atoms with E-state index in [4.69, 9.17) is 11.6 Å². The van der Waals surface area contributed by atoms with Gasteiger partial charge in [-0.05, 0) is 45.0 Å². The number of rotatable bonds is 1.